The summed E-state index contributed by atoms with van der Waals surface area (Å²) in [5.41, 5.74) is 8.19. The Morgan fingerprint density at radius 3 is 3.08 bits per heavy atom. The highest BCUT2D eigenvalue weighted by Crippen LogP contribution is 2.38. The second-order valence-electron chi connectivity index (χ2n) is 3.51. The van der Waals surface area contributed by atoms with Crippen molar-refractivity contribution < 1.29 is 9.47 Å². The summed E-state index contributed by atoms with van der Waals surface area (Å²) in [6.07, 6.45) is 0.987. The van der Waals surface area contributed by atoms with Crippen LogP contribution in [0.25, 0.3) is 0 Å². The second-order valence-corrected chi connectivity index (χ2v) is 3.51. The van der Waals surface area contributed by atoms with E-state index in [9.17, 15) is 0 Å². The first kappa shape index (κ1) is 7.21. The van der Waals surface area contributed by atoms with Gasteiger partial charge in [-0.2, -0.15) is 0 Å². The number of benzene rings is 1. The van der Waals surface area contributed by atoms with Gasteiger partial charge in [-0.1, -0.05) is 0 Å². The molecule has 2 aliphatic heterocycles. The van der Waals surface area contributed by atoms with Crippen molar-refractivity contribution in [1.29, 1.82) is 0 Å². The van der Waals surface area contributed by atoms with Crippen LogP contribution >= 0.6 is 0 Å². The summed E-state index contributed by atoms with van der Waals surface area (Å²) in [6, 6.07) is 4.10. The van der Waals surface area contributed by atoms with E-state index in [4.69, 9.17) is 15.2 Å². The van der Waals surface area contributed by atoms with Crippen molar-refractivity contribution in [2.75, 3.05) is 13.2 Å². The zero-order valence-corrected chi connectivity index (χ0v) is 7.25. The van der Waals surface area contributed by atoms with Gasteiger partial charge >= 0.3 is 0 Å². The SMILES string of the molecule is N[C@H]1COc2cc3c(cc21)OCC3. The number of nitrogens with two attached hydrogens (primary N) is 1. The first-order valence-corrected chi connectivity index (χ1v) is 4.52. The smallest absolute Gasteiger partial charge is 0.124 e. The van der Waals surface area contributed by atoms with Gasteiger partial charge in [-0.25, -0.2) is 0 Å². The third-order valence-corrected chi connectivity index (χ3v) is 2.64. The minimum Gasteiger partial charge on any atom is -0.493 e. The van der Waals surface area contributed by atoms with Crippen LogP contribution in [0.1, 0.15) is 17.2 Å². The Balaban J connectivity index is 2.16. The quantitative estimate of drug-likeness (QED) is 0.643. The second kappa shape index (κ2) is 2.39. The third-order valence-electron chi connectivity index (χ3n) is 2.64. The Kier molecular flexibility index (Phi) is 1.32. The van der Waals surface area contributed by atoms with E-state index in [2.05, 4.69) is 6.07 Å². The average Bonchev–Trinajstić information content (AvgIpc) is 2.70. The van der Waals surface area contributed by atoms with Crippen molar-refractivity contribution in [2.45, 2.75) is 12.5 Å². The molecule has 0 amide bonds. The van der Waals surface area contributed by atoms with Crippen LogP contribution in [-0.2, 0) is 6.42 Å². The number of fused-ring (bicyclic) bond motifs is 2. The summed E-state index contributed by atoms with van der Waals surface area (Å²) in [6.45, 7) is 1.38. The van der Waals surface area contributed by atoms with Crippen molar-refractivity contribution >= 4 is 0 Å². The van der Waals surface area contributed by atoms with Gasteiger partial charge in [-0.15, -0.1) is 0 Å². The molecular formula is C10H11NO2. The number of rotatable bonds is 0. The van der Waals surface area contributed by atoms with Crippen molar-refractivity contribution in [1.82, 2.24) is 0 Å². The fraction of sp³-hybridized carbons (Fsp3) is 0.400. The number of hydrogen-bond acceptors (Lipinski definition) is 3. The molecule has 3 rings (SSSR count). The summed E-state index contributed by atoms with van der Waals surface area (Å²) in [4.78, 5) is 0. The predicted octanol–water partition coefficient (Wildman–Crippen LogP) is 1.01. The third kappa shape index (κ3) is 0.937. The minimum atomic E-state index is 0.0181. The van der Waals surface area contributed by atoms with Crippen LogP contribution in [0, 0.1) is 0 Å². The maximum Gasteiger partial charge on any atom is 0.124 e. The number of ether oxygens (including phenoxy) is 2. The lowest BCUT2D eigenvalue weighted by Crippen LogP contribution is -2.10. The summed E-state index contributed by atoms with van der Waals surface area (Å²) in [7, 11) is 0. The molecule has 2 aliphatic rings. The molecule has 0 bridgehead atoms. The van der Waals surface area contributed by atoms with Crippen LogP contribution in [0.4, 0.5) is 0 Å². The minimum absolute atomic E-state index is 0.0181. The topological polar surface area (TPSA) is 44.5 Å². The zero-order valence-electron chi connectivity index (χ0n) is 7.25. The van der Waals surface area contributed by atoms with Gasteiger partial charge in [0, 0.05) is 17.5 Å². The van der Waals surface area contributed by atoms with E-state index >= 15 is 0 Å². The van der Waals surface area contributed by atoms with Crippen LogP contribution in [0.15, 0.2) is 12.1 Å². The Morgan fingerprint density at radius 1 is 1.23 bits per heavy atom. The molecule has 0 spiro atoms. The average molecular weight is 177 g/mol. The lowest BCUT2D eigenvalue weighted by Gasteiger charge is -2.03. The van der Waals surface area contributed by atoms with E-state index in [1.807, 2.05) is 6.07 Å². The molecule has 2 N–H and O–H groups in total. The summed E-state index contributed by atoms with van der Waals surface area (Å²) < 4.78 is 10.9. The van der Waals surface area contributed by atoms with Crippen molar-refractivity contribution in [3.8, 4) is 11.5 Å². The van der Waals surface area contributed by atoms with Gasteiger partial charge in [0.25, 0.3) is 0 Å². The largest absolute Gasteiger partial charge is 0.493 e. The van der Waals surface area contributed by atoms with Crippen molar-refractivity contribution in [3.63, 3.8) is 0 Å². The molecule has 0 radical (unpaired) electrons. The standard InChI is InChI=1S/C10H11NO2/c11-8-5-13-10-3-6-1-2-12-9(6)4-7(8)10/h3-4,8H,1-2,5,11H2/t8-/m0/s1. The fourth-order valence-electron chi connectivity index (χ4n) is 1.90. The molecular weight excluding hydrogens is 166 g/mol. The highest BCUT2D eigenvalue weighted by Gasteiger charge is 2.24. The van der Waals surface area contributed by atoms with Gasteiger partial charge in [-0.05, 0) is 12.1 Å². The normalized spacial score (nSPS) is 23.3. The Labute approximate surface area is 76.4 Å². The van der Waals surface area contributed by atoms with E-state index in [-0.39, 0.29) is 6.04 Å². The molecule has 1 aromatic carbocycles. The molecule has 2 heterocycles. The van der Waals surface area contributed by atoms with E-state index < -0.39 is 0 Å². The van der Waals surface area contributed by atoms with Crippen LogP contribution in [-0.4, -0.2) is 13.2 Å². The summed E-state index contributed by atoms with van der Waals surface area (Å²) in [5.74, 6) is 1.93. The molecule has 1 aromatic rings. The predicted molar refractivity (Wildman–Crippen MR) is 48.1 cm³/mol. The first-order chi connectivity index (χ1) is 6.34. The monoisotopic (exact) mass is 177 g/mol. The van der Waals surface area contributed by atoms with Gasteiger partial charge < -0.3 is 15.2 Å². The van der Waals surface area contributed by atoms with Crippen LogP contribution < -0.4 is 15.2 Å². The van der Waals surface area contributed by atoms with Gasteiger partial charge in [0.1, 0.15) is 18.1 Å². The van der Waals surface area contributed by atoms with E-state index in [1.54, 1.807) is 0 Å². The maximum absolute atomic E-state index is 5.86. The molecule has 0 saturated heterocycles. The van der Waals surface area contributed by atoms with Crippen LogP contribution in [0.3, 0.4) is 0 Å². The van der Waals surface area contributed by atoms with E-state index in [0.29, 0.717) is 6.61 Å². The fourth-order valence-corrected chi connectivity index (χ4v) is 1.90. The molecule has 0 fully saturated rings. The molecule has 3 heteroatoms. The van der Waals surface area contributed by atoms with Crippen LogP contribution in [0.2, 0.25) is 0 Å². The molecule has 3 nitrogen and oxygen atoms in total. The molecule has 68 valence electrons. The highest BCUT2D eigenvalue weighted by molar-refractivity contribution is 5.50. The van der Waals surface area contributed by atoms with Gasteiger partial charge in [0.05, 0.1) is 12.6 Å². The Hall–Kier alpha value is -1.22. The molecule has 0 saturated carbocycles. The van der Waals surface area contributed by atoms with Gasteiger partial charge in [-0.3, -0.25) is 0 Å². The zero-order chi connectivity index (χ0) is 8.84. The van der Waals surface area contributed by atoms with Crippen LogP contribution in [0.5, 0.6) is 11.5 Å². The molecule has 0 unspecified atom stereocenters. The molecule has 0 aliphatic carbocycles. The van der Waals surface area contributed by atoms with Crippen molar-refractivity contribution in [3.05, 3.63) is 23.3 Å². The highest BCUT2D eigenvalue weighted by atomic mass is 16.5. The van der Waals surface area contributed by atoms with E-state index in [1.165, 1.54) is 5.56 Å². The summed E-state index contributed by atoms with van der Waals surface area (Å²) in [5, 5.41) is 0. The van der Waals surface area contributed by atoms with E-state index in [0.717, 1.165) is 30.1 Å². The Morgan fingerprint density at radius 2 is 2.15 bits per heavy atom. The number of hydrogen-bond donors (Lipinski definition) is 1. The van der Waals surface area contributed by atoms with Gasteiger partial charge in [0.2, 0.25) is 0 Å². The molecule has 0 aromatic heterocycles. The molecule has 1 atom stereocenters. The summed E-state index contributed by atoms with van der Waals surface area (Å²) >= 11 is 0. The van der Waals surface area contributed by atoms with Crippen molar-refractivity contribution in [2.24, 2.45) is 5.73 Å². The lowest BCUT2D eigenvalue weighted by atomic mass is 10.1. The molecule has 13 heavy (non-hydrogen) atoms. The lowest BCUT2D eigenvalue weighted by molar-refractivity contribution is 0.333. The first-order valence-electron chi connectivity index (χ1n) is 4.52. The maximum atomic E-state index is 5.86. The van der Waals surface area contributed by atoms with Gasteiger partial charge in [0.15, 0.2) is 0 Å². The Bertz CT molecular complexity index is 362.